The Balaban J connectivity index is 1.81. The van der Waals surface area contributed by atoms with Crippen molar-refractivity contribution in [2.75, 3.05) is 17.7 Å². The quantitative estimate of drug-likeness (QED) is 0.433. The van der Waals surface area contributed by atoms with Gasteiger partial charge in [-0.2, -0.15) is 23.3 Å². The van der Waals surface area contributed by atoms with E-state index in [1.54, 1.807) is 13.1 Å². The lowest BCUT2D eigenvalue weighted by Gasteiger charge is -2.19. The van der Waals surface area contributed by atoms with E-state index in [0.29, 0.717) is 11.4 Å². The van der Waals surface area contributed by atoms with Gasteiger partial charge in [0.1, 0.15) is 16.6 Å². The monoisotopic (exact) mass is 479 g/mol. The number of anilines is 2. The van der Waals surface area contributed by atoms with Crippen LogP contribution in [-0.4, -0.2) is 38.2 Å². The van der Waals surface area contributed by atoms with Crippen molar-refractivity contribution in [3.05, 3.63) is 51.2 Å². The van der Waals surface area contributed by atoms with Gasteiger partial charge in [-0.05, 0) is 26.0 Å². The van der Waals surface area contributed by atoms with Crippen LogP contribution in [0, 0.1) is 13.8 Å². The van der Waals surface area contributed by atoms with Gasteiger partial charge in [-0.3, -0.25) is 19.8 Å². The highest BCUT2D eigenvalue weighted by molar-refractivity contribution is 6.41. The summed E-state index contributed by atoms with van der Waals surface area (Å²) in [6.07, 6.45) is -1.81. The maximum Gasteiger partial charge on any atom is 0.432 e. The van der Waals surface area contributed by atoms with Gasteiger partial charge in [-0.25, -0.2) is 4.98 Å². The Morgan fingerprint density at radius 1 is 1.30 bits per heavy atom. The Morgan fingerprint density at radius 2 is 2.03 bits per heavy atom. The van der Waals surface area contributed by atoms with Gasteiger partial charge < -0.3 is 10.5 Å². The van der Waals surface area contributed by atoms with Gasteiger partial charge in [-0.15, -0.1) is 0 Å². The fourth-order valence-corrected chi connectivity index (χ4v) is 3.85. The number of ether oxygens (including phenoxy) is 1. The van der Waals surface area contributed by atoms with Crippen molar-refractivity contribution >= 4 is 40.9 Å². The molecule has 1 aliphatic rings. The molecule has 3 aromatic heterocycles. The number of aryl methyl sites for hydroxylation is 1. The van der Waals surface area contributed by atoms with E-state index in [2.05, 4.69) is 20.1 Å². The molecule has 4 rings (SSSR count). The Labute approximate surface area is 190 Å². The first kappa shape index (κ1) is 22.5. The van der Waals surface area contributed by atoms with Gasteiger partial charge in [-0.1, -0.05) is 11.6 Å². The lowest BCUT2D eigenvalue weighted by Crippen LogP contribution is -2.27. The third kappa shape index (κ3) is 3.97. The maximum absolute atomic E-state index is 13.3. The highest BCUT2D eigenvalue weighted by Crippen LogP contribution is 2.42. The molecular weight excluding hydrogens is 463 g/mol. The van der Waals surface area contributed by atoms with E-state index >= 15 is 0 Å². The number of fused-ring (bicyclic) bond motifs is 1. The minimum absolute atomic E-state index is 0.00715. The number of hydrogen-bond donors (Lipinski definition) is 2. The smallest absolute Gasteiger partial charge is 0.432 e. The van der Waals surface area contributed by atoms with Gasteiger partial charge in [0.05, 0.1) is 36.2 Å². The number of alkyl halides is 3. The van der Waals surface area contributed by atoms with Crippen molar-refractivity contribution in [3.63, 3.8) is 0 Å². The Bertz CT molecular complexity index is 1300. The third-order valence-electron chi connectivity index (χ3n) is 5.12. The molecule has 0 bridgehead atoms. The van der Waals surface area contributed by atoms with Gasteiger partial charge in [0.2, 0.25) is 5.95 Å². The highest BCUT2D eigenvalue weighted by atomic mass is 35.5. The molecule has 3 aromatic rings. The molecule has 0 aromatic carbocycles. The van der Waals surface area contributed by atoms with Crippen LogP contribution in [-0.2, 0) is 17.5 Å². The highest BCUT2D eigenvalue weighted by Gasteiger charge is 2.38. The van der Waals surface area contributed by atoms with E-state index in [4.69, 9.17) is 22.1 Å². The minimum atomic E-state index is -4.61. The first-order valence-electron chi connectivity index (χ1n) is 9.49. The van der Waals surface area contributed by atoms with E-state index in [-0.39, 0.29) is 40.3 Å². The number of carbonyl (C=O) groups excluding carboxylic acids is 1. The standard InChI is InChI=1S/C20H17ClF3N7O2/c1-8-6-26-12(9(2)15(8)33-3)7-31-17-14(16(21)27-19(25)28-17)11(18(31)32)4-10-5-13(30-29-10)20(22,23)24/h4-6H,7H2,1-3H3,(H,29,30)(H2,25,27,28)/b11-4-. The predicted octanol–water partition coefficient (Wildman–Crippen LogP) is 3.56. The van der Waals surface area contributed by atoms with Gasteiger partial charge in [0.15, 0.2) is 5.82 Å². The Hall–Kier alpha value is -3.67. The molecule has 13 heteroatoms. The van der Waals surface area contributed by atoms with Gasteiger partial charge >= 0.3 is 6.18 Å². The van der Waals surface area contributed by atoms with Crippen LogP contribution in [0.15, 0.2) is 12.3 Å². The van der Waals surface area contributed by atoms with Crippen LogP contribution in [0.2, 0.25) is 5.15 Å². The zero-order chi connectivity index (χ0) is 24.1. The zero-order valence-electron chi connectivity index (χ0n) is 17.6. The summed E-state index contributed by atoms with van der Waals surface area (Å²) in [4.78, 5) is 27.1. The molecule has 0 saturated heterocycles. The summed E-state index contributed by atoms with van der Waals surface area (Å²) in [5.41, 5.74) is 6.77. The molecule has 172 valence electrons. The SMILES string of the molecule is COc1c(C)cnc(CN2C(=O)/C(=C\c3cc(C(F)(F)F)[nH]n3)c3c(Cl)nc(N)nc32)c1C. The number of methoxy groups -OCH3 is 1. The van der Waals surface area contributed by atoms with Crippen molar-refractivity contribution in [2.45, 2.75) is 26.6 Å². The van der Waals surface area contributed by atoms with Crippen LogP contribution in [0.3, 0.4) is 0 Å². The number of nitrogens with two attached hydrogens (primary N) is 1. The van der Waals surface area contributed by atoms with Crippen LogP contribution in [0.25, 0.3) is 11.6 Å². The topological polar surface area (TPSA) is 123 Å². The number of nitrogen functional groups attached to an aromatic ring is 1. The number of amides is 1. The molecule has 0 unspecified atom stereocenters. The second kappa shape index (κ2) is 8.03. The third-order valence-corrected chi connectivity index (χ3v) is 5.39. The second-order valence-electron chi connectivity index (χ2n) is 7.27. The largest absolute Gasteiger partial charge is 0.496 e. The van der Waals surface area contributed by atoms with Crippen molar-refractivity contribution in [2.24, 2.45) is 0 Å². The predicted molar refractivity (Wildman–Crippen MR) is 114 cm³/mol. The fourth-order valence-electron chi connectivity index (χ4n) is 3.58. The van der Waals surface area contributed by atoms with Crippen molar-refractivity contribution in [1.29, 1.82) is 0 Å². The summed E-state index contributed by atoms with van der Waals surface area (Å²) in [7, 11) is 1.53. The second-order valence-corrected chi connectivity index (χ2v) is 7.63. The normalized spacial score (nSPS) is 14.8. The summed E-state index contributed by atoms with van der Waals surface area (Å²) in [5.74, 6) is 0.0161. The summed E-state index contributed by atoms with van der Waals surface area (Å²) >= 11 is 6.25. The Kier molecular flexibility index (Phi) is 5.48. The van der Waals surface area contributed by atoms with Gasteiger partial charge in [0, 0.05) is 17.3 Å². The number of carbonyl (C=O) groups is 1. The number of aromatic amines is 1. The van der Waals surface area contributed by atoms with Crippen LogP contribution < -0.4 is 15.4 Å². The lowest BCUT2D eigenvalue weighted by molar-refractivity contribution is -0.141. The number of nitrogens with one attached hydrogen (secondary N) is 1. The number of rotatable bonds is 4. The minimum Gasteiger partial charge on any atom is -0.496 e. The average Bonchev–Trinajstić information content (AvgIpc) is 3.29. The molecule has 1 aliphatic heterocycles. The molecule has 33 heavy (non-hydrogen) atoms. The van der Waals surface area contributed by atoms with Crippen LogP contribution in [0.5, 0.6) is 5.75 Å². The molecule has 0 radical (unpaired) electrons. The van der Waals surface area contributed by atoms with Crippen LogP contribution >= 0.6 is 11.6 Å². The first-order chi connectivity index (χ1) is 15.5. The maximum atomic E-state index is 13.3. The fraction of sp³-hybridized carbons (Fsp3) is 0.250. The van der Waals surface area contributed by atoms with Crippen LogP contribution in [0.1, 0.15) is 33.8 Å². The van der Waals surface area contributed by atoms with E-state index in [9.17, 15) is 18.0 Å². The zero-order valence-corrected chi connectivity index (χ0v) is 18.3. The molecule has 0 aliphatic carbocycles. The average molecular weight is 480 g/mol. The summed E-state index contributed by atoms with van der Waals surface area (Å²) in [6, 6.07) is 0.783. The van der Waals surface area contributed by atoms with Crippen LogP contribution in [0.4, 0.5) is 24.9 Å². The number of nitrogens with zero attached hydrogens (tertiary/aromatic N) is 5. The lowest BCUT2D eigenvalue weighted by atomic mass is 10.1. The Morgan fingerprint density at radius 3 is 2.67 bits per heavy atom. The molecular formula is C20H17ClF3N7O2. The molecule has 0 fully saturated rings. The summed E-state index contributed by atoms with van der Waals surface area (Å²) in [6.45, 7) is 3.63. The summed E-state index contributed by atoms with van der Waals surface area (Å²) in [5, 5.41) is 5.42. The van der Waals surface area contributed by atoms with Gasteiger partial charge in [0.25, 0.3) is 5.91 Å². The first-order valence-corrected chi connectivity index (χ1v) is 9.87. The number of pyridine rings is 1. The van der Waals surface area contributed by atoms with Crippen molar-refractivity contribution < 1.29 is 22.7 Å². The molecule has 0 saturated carbocycles. The molecule has 0 spiro atoms. The molecule has 1 amide bonds. The number of halogens is 4. The van der Waals surface area contributed by atoms with Crippen molar-refractivity contribution in [1.82, 2.24) is 25.1 Å². The molecule has 3 N–H and O–H groups in total. The number of hydrogen-bond acceptors (Lipinski definition) is 7. The molecule has 4 heterocycles. The van der Waals surface area contributed by atoms with E-state index in [1.807, 2.05) is 12.0 Å². The number of aromatic nitrogens is 5. The summed E-state index contributed by atoms with van der Waals surface area (Å²) < 4.78 is 44.2. The van der Waals surface area contributed by atoms with E-state index < -0.39 is 17.8 Å². The van der Waals surface area contributed by atoms with Crippen molar-refractivity contribution in [3.8, 4) is 5.75 Å². The molecule has 0 atom stereocenters. The van der Waals surface area contributed by atoms with E-state index in [0.717, 1.165) is 17.2 Å². The molecule has 9 nitrogen and oxygen atoms in total. The number of H-pyrrole nitrogens is 1. The van der Waals surface area contributed by atoms with E-state index in [1.165, 1.54) is 18.1 Å².